The second-order valence-electron chi connectivity index (χ2n) is 4.94. The van der Waals surface area contributed by atoms with Crippen LogP contribution in [0, 0.1) is 0 Å². The standard InChI is InChI=1S/C17H19NO3/c1-13(18(2)15-8-4-3-5-9-15)12-21-17(20)14-7-6-10-16(19)11-14/h3-11,13,19H,12H2,1-2H3. The van der Waals surface area contributed by atoms with Gasteiger partial charge in [0.15, 0.2) is 0 Å². The first-order valence-corrected chi connectivity index (χ1v) is 6.82. The van der Waals surface area contributed by atoms with Crippen molar-refractivity contribution >= 4 is 11.7 Å². The monoisotopic (exact) mass is 285 g/mol. The largest absolute Gasteiger partial charge is 0.508 e. The lowest BCUT2D eigenvalue weighted by Gasteiger charge is -2.26. The second kappa shape index (κ2) is 6.79. The molecule has 0 saturated carbocycles. The average molecular weight is 285 g/mol. The predicted octanol–water partition coefficient (Wildman–Crippen LogP) is 3.07. The van der Waals surface area contributed by atoms with E-state index in [1.807, 2.05) is 44.3 Å². The number of carbonyl (C=O) groups is 1. The van der Waals surface area contributed by atoms with Gasteiger partial charge in [-0.3, -0.25) is 0 Å². The second-order valence-corrected chi connectivity index (χ2v) is 4.94. The van der Waals surface area contributed by atoms with E-state index in [-0.39, 0.29) is 18.4 Å². The summed E-state index contributed by atoms with van der Waals surface area (Å²) in [6.07, 6.45) is 0. The number of hydrogen-bond donors (Lipinski definition) is 1. The normalized spacial score (nSPS) is 11.7. The molecule has 4 heteroatoms. The van der Waals surface area contributed by atoms with Crippen molar-refractivity contribution in [2.45, 2.75) is 13.0 Å². The van der Waals surface area contributed by atoms with Gasteiger partial charge in [-0.25, -0.2) is 4.79 Å². The third kappa shape index (κ3) is 3.99. The van der Waals surface area contributed by atoms with Crippen LogP contribution in [0.25, 0.3) is 0 Å². The first-order chi connectivity index (χ1) is 10.1. The molecule has 0 aliphatic carbocycles. The van der Waals surface area contributed by atoms with Gasteiger partial charge in [-0.05, 0) is 37.3 Å². The maximum Gasteiger partial charge on any atom is 0.338 e. The first kappa shape index (κ1) is 14.9. The fraction of sp³-hybridized carbons (Fsp3) is 0.235. The summed E-state index contributed by atoms with van der Waals surface area (Å²) < 4.78 is 5.30. The van der Waals surface area contributed by atoms with E-state index in [2.05, 4.69) is 4.90 Å². The van der Waals surface area contributed by atoms with E-state index in [0.717, 1.165) is 5.69 Å². The maximum absolute atomic E-state index is 11.9. The van der Waals surface area contributed by atoms with Gasteiger partial charge >= 0.3 is 5.97 Å². The lowest BCUT2D eigenvalue weighted by molar-refractivity contribution is 0.0485. The summed E-state index contributed by atoms with van der Waals surface area (Å²) in [7, 11) is 1.96. The fourth-order valence-electron chi connectivity index (χ4n) is 1.94. The Balaban J connectivity index is 1.92. The van der Waals surface area contributed by atoms with E-state index in [1.165, 1.54) is 12.1 Å². The van der Waals surface area contributed by atoms with Gasteiger partial charge < -0.3 is 14.7 Å². The molecule has 110 valence electrons. The molecule has 0 fully saturated rings. The molecule has 1 atom stereocenters. The molecular weight excluding hydrogens is 266 g/mol. The van der Waals surface area contributed by atoms with Crippen molar-refractivity contribution in [2.24, 2.45) is 0 Å². The number of anilines is 1. The summed E-state index contributed by atoms with van der Waals surface area (Å²) in [5.74, 6) is -0.377. The molecule has 0 aliphatic heterocycles. The molecule has 0 amide bonds. The van der Waals surface area contributed by atoms with E-state index >= 15 is 0 Å². The number of esters is 1. The van der Waals surface area contributed by atoms with E-state index in [4.69, 9.17) is 4.74 Å². The van der Waals surface area contributed by atoms with Gasteiger partial charge in [-0.1, -0.05) is 24.3 Å². The highest BCUT2D eigenvalue weighted by molar-refractivity contribution is 5.89. The van der Waals surface area contributed by atoms with Crippen LogP contribution in [0.3, 0.4) is 0 Å². The zero-order chi connectivity index (χ0) is 15.2. The molecule has 1 unspecified atom stereocenters. The van der Waals surface area contributed by atoms with Crippen molar-refractivity contribution in [3.05, 3.63) is 60.2 Å². The van der Waals surface area contributed by atoms with Gasteiger partial charge in [-0.2, -0.15) is 0 Å². The van der Waals surface area contributed by atoms with Gasteiger partial charge in [0.25, 0.3) is 0 Å². The molecule has 21 heavy (non-hydrogen) atoms. The quantitative estimate of drug-likeness (QED) is 0.858. The smallest absolute Gasteiger partial charge is 0.338 e. The lowest BCUT2D eigenvalue weighted by atomic mass is 10.2. The topological polar surface area (TPSA) is 49.8 Å². The number of aromatic hydroxyl groups is 1. The van der Waals surface area contributed by atoms with Crippen molar-refractivity contribution < 1.29 is 14.6 Å². The molecule has 2 rings (SSSR count). The minimum atomic E-state index is -0.431. The van der Waals surface area contributed by atoms with E-state index in [1.54, 1.807) is 12.1 Å². The van der Waals surface area contributed by atoms with Crippen LogP contribution in [-0.4, -0.2) is 30.8 Å². The van der Waals surface area contributed by atoms with Crippen LogP contribution in [0.15, 0.2) is 54.6 Å². The Hall–Kier alpha value is -2.49. The zero-order valence-corrected chi connectivity index (χ0v) is 12.2. The Kier molecular flexibility index (Phi) is 4.82. The summed E-state index contributed by atoms with van der Waals surface area (Å²) in [5, 5.41) is 9.36. The number of para-hydroxylation sites is 1. The predicted molar refractivity (Wildman–Crippen MR) is 82.7 cm³/mol. The van der Waals surface area contributed by atoms with E-state index in [9.17, 15) is 9.90 Å². The van der Waals surface area contributed by atoms with Gasteiger partial charge in [0.1, 0.15) is 12.4 Å². The average Bonchev–Trinajstić information content (AvgIpc) is 2.52. The highest BCUT2D eigenvalue weighted by Gasteiger charge is 2.14. The molecule has 2 aromatic carbocycles. The Morgan fingerprint density at radius 3 is 2.57 bits per heavy atom. The summed E-state index contributed by atoms with van der Waals surface area (Å²) in [6, 6.07) is 16.1. The van der Waals surface area contributed by atoms with Crippen LogP contribution in [0.5, 0.6) is 5.75 Å². The molecular formula is C17H19NO3. The molecule has 0 aromatic heterocycles. The molecule has 0 aliphatic rings. The summed E-state index contributed by atoms with van der Waals surface area (Å²) in [6.45, 7) is 2.27. The number of phenolic OH excluding ortho intramolecular Hbond substituents is 1. The fourth-order valence-corrected chi connectivity index (χ4v) is 1.94. The molecule has 4 nitrogen and oxygen atoms in total. The molecule has 1 N–H and O–H groups in total. The number of benzene rings is 2. The lowest BCUT2D eigenvalue weighted by Crippen LogP contribution is -2.33. The summed E-state index contributed by atoms with van der Waals surface area (Å²) >= 11 is 0. The van der Waals surface area contributed by atoms with Crippen molar-refractivity contribution in [2.75, 3.05) is 18.6 Å². The molecule has 0 radical (unpaired) electrons. The van der Waals surface area contributed by atoms with Gasteiger partial charge in [0.05, 0.1) is 11.6 Å². The highest BCUT2D eigenvalue weighted by atomic mass is 16.5. The van der Waals surface area contributed by atoms with Crippen molar-refractivity contribution in [1.82, 2.24) is 0 Å². The van der Waals surface area contributed by atoms with E-state index in [0.29, 0.717) is 5.56 Å². The van der Waals surface area contributed by atoms with Crippen LogP contribution >= 0.6 is 0 Å². The third-order valence-corrected chi connectivity index (χ3v) is 3.36. The van der Waals surface area contributed by atoms with E-state index < -0.39 is 5.97 Å². The number of carbonyl (C=O) groups excluding carboxylic acids is 1. The Labute approximate surface area is 124 Å². The van der Waals surface area contributed by atoms with Crippen LogP contribution < -0.4 is 4.90 Å². The van der Waals surface area contributed by atoms with Gasteiger partial charge in [-0.15, -0.1) is 0 Å². The Morgan fingerprint density at radius 2 is 1.90 bits per heavy atom. The van der Waals surface area contributed by atoms with Crippen LogP contribution in [0.2, 0.25) is 0 Å². The molecule has 0 bridgehead atoms. The molecule has 0 spiro atoms. The first-order valence-electron chi connectivity index (χ1n) is 6.82. The van der Waals surface area contributed by atoms with Gasteiger partial charge in [0, 0.05) is 12.7 Å². The van der Waals surface area contributed by atoms with Crippen LogP contribution in [0.1, 0.15) is 17.3 Å². The minimum absolute atomic E-state index is 0.0497. The molecule has 0 heterocycles. The van der Waals surface area contributed by atoms with Crippen LogP contribution in [0.4, 0.5) is 5.69 Å². The number of nitrogens with zero attached hydrogens (tertiary/aromatic N) is 1. The Bertz CT molecular complexity index is 598. The number of likely N-dealkylation sites (N-methyl/N-ethyl adjacent to an activating group) is 1. The molecule has 0 saturated heterocycles. The molecule has 2 aromatic rings. The third-order valence-electron chi connectivity index (χ3n) is 3.36. The van der Waals surface area contributed by atoms with Crippen molar-refractivity contribution in [3.8, 4) is 5.75 Å². The van der Waals surface area contributed by atoms with Crippen molar-refractivity contribution in [3.63, 3.8) is 0 Å². The number of ether oxygens (including phenoxy) is 1. The number of hydrogen-bond acceptors (Lipinski definition) is 4. The SMILES string of the molecule is CC(COC(=O)c1cccc(O)c1)N(C)c1ccccc1. The van der Waals surface area contributed by atoms with Crippen LogP contribution in [-0.2, 0) is 4.74 Å². The van der Waals surface area contributed by atoms with Gasteiger partial charge in [0.2, 0.25) is 0 Å². The maximum atomic E-state index is 11.9. The summed E-state index contributed by atoms with van der Waals surface area (Å²) in [4.78, 5) is 14.0. The number of phenols is 1. The number of rotatable bonds is 5. The zero-order valence-electron chi connectivity index (χ0n) is 12.2. The minimum Gasteiger partial charge on any atom is -0.508 e. The van der Waals surface area contributed by atoms with Crippen molar-refractivity contribution in [1.29, 1.82) is 0 Å². The highest BCUT2D eigenvalue weighted by Crippen LogP contribution is 2.15. The summed E-state index contributed by atoms with van der Waals surface area (Å²) in [5.41, 5.74) is 1.42. The Morgan fingerprint density at radius 1 is 1.19 bits per heavy atom.